The van der Waals surface area contributed by atoms with Gasteiger partial charge >= 0.3 is 12.0 Å². The standard InChI is InChI=1S/C88H140N34O18S2/c89-33-5-3-16-56-73(129)116-62(17-4-6-34-90)81(137)122-41-13-24-68(122)80(136)119-65(43-49-27-31-52(124)32-28-49)77(133)115-59(20-9-37-105-85(96)97)72(128)113-61(22-11-40-108-88(102)140)75(131)120-66(78(134)117-63(82(138)139)23-12-39-107-87(100)101)46-141-142-47-67(79(135)118-64(42-48-25-29-51(123)30-26-48)76(132)114-58(71(127)111-56)19-8-36-104-84(94)95)121-74(130)60(21-10-38-106-86(98)99)112-70(126)57(18-7-35-103-83(92)93)110-69(125)54(91)44-50-45-109-55-15-2-1-14-53(50)55/h1-2,14-15,25-32,45,54,56-68,109,123-124H,3-13,16-24,33-44,46-47,89-91H2,(H,110,125)(H,111,127)(H,112,126)(H,113,128)(H,114,132)(H,115,133)(H,116,129)(H,117,134)(H,118,135)(H,119,136)(H,120,131)(H,121,130)(H,138,139)(H4,92,93,103)(H4,94,95,104)(H4,96,97,105)(H4,98,99,106)(H4,100,101,107)(H3,102,108,140)/t54-,56-,57-,58-,59-,60-,61-,62+,63-,64-,65-,66-,67-,68-/m0/s1. The first-order valence-electron chi connectivity index (χ1n) is 46.9. The number of aromatic hydroxyl groups is 2. The molecule has 54 heteroatoms. The normalized spacial score (nSPS) is 20.3. The Balaban J connectivity index is 1.58. The minimum atomic E-state index is -1.91. The van der Waals surface area contributed by atoms with Gasteiger partial charge in [-0.2, -0.15) is 0 Å². The zero-order valence-electron chi connectivity index (χ0n) is 79.1. The highest BCUT2D eigenvalue weighted by atomic mass is 33.1. The number of hydrogen-bond donors (Lipinski definition) is 36. The van der Waals surface area contributed by atoms with Crippen molar-refractivity contribution in [2.24, 2.45) is 51.6 Å². The van der Waals surface area contributed by atoms with Crippen molar-refractivity contribution in [3.05, 3.63) is 95.7 Å². The van der Waals surface area contributed by atoms with Crippen LogP contribution in [-0.4, -0.2) is 299 Å². The zero-order chi connectivity index (χ0) is 104. The first-order chi connectivity index (χ1) is 67.7. The molecular weight excluding hydrogens is 1890 g/mol. The fourth-order valence-corrected chi connectivity index (χ4v) is 17.8. The molecule has 0 unspecified atom stereocenters. The van der Waals surface area contributed by atoms with Crippen LogP contribution in [0.4, 0.5) is 4.79 Å². The van der Waals surface area contributed by atoms with Gasteiger partial charge in [0.1, 0.15) is 90.0 Å². The molecule has 0 spiro atoms. The van der Waals surface area contributed by atoms with Crippen LogP contribution in [0.25, 0.3) is 10.9 Å². The molecule has 2 saturated heterocycles. The van der Waals surface area contributed by atoms with Gasteiger partial charge in [0.2, 0.25) is 76.8 Å². The number of aliphatic carboxylic acids is 1. The largest absolute Gasteiger partial charge is 0.508 e. The number of carboxylic acid groups (broad SMARTS) is 1. The number of para-hydroxylation sites is 1. The number of nitrogens with two attached hydrogens (primary N) is 9. The summed E-state index contributed by atoms with van der Waals surface area (Å²) >= 11 is 0. The number of aromatic nitrogens is 1. The van der Waals surface area contributed by atoms with Gasteiger partial charge in [-0.1, -0.05) is 64.1 Å². The van der Waals surface area contributed by atoms with E-state index in [1.54, 1.807) is 12.3 Å². The fourth-order valence-electron chi connectivity index (χ4n) is 15.4. The van der Waals surface area contributed by atoms with E-state index in [-0.39, 0.29) is 198 Å². The number of rotatable bonds is 47. The van der Waals surface area contributed by atoms with Crippen LogP contribution >= 0.6 is 21.6 Å². The number of H-pyrrole nitrogens is 1. The van der Waals surface area contributed by atoms with E-state index in [0.29, 0.717) is 24.0 Å². The van der Waals surface area contributed by atoms with Crippen LogP contribution in [0.2, 0.25) is 0 Å². The van der Waals surface area contributed by atoms with Crippen molar-refractivity contribution in [2.45, 2.75) is 232 Å². The number of nitrogens with zero attached hydrogens (tertiary/aromatic N) is 1. The summed E-state index contributed by atoms with van der Waals surface area (Å²) < 4.78 is 0. The van der Waals surface area contributed by atoms with Crippen molar-refractivity contribution >= 4 is 151 Å². The van der Waals surface area contributed by atoms with Crippen molar-refractivity contribution in [2.75, 3.05) is 70.4 Å². The number of benzene rings is 3. The molecule has 782 valence electrons. The number of carbonyl (C=O) groups excluding carboxylic acids is 14. The van der Waals surface area contributed by atoms with Crippen LogP contribution < -0.4 is 147 Å². The van der Waals surface area contributed by atoms with E-state index in [1.165, 1.54) is 53.4 Å². The van der Waals surface area contributed by atoms with Crippen LogP contribution in [-0.2, 0) is 86.4 Å². The van der Waals surface area contributed by atoms with Crippen LogP contribution in [0.3, 0.4) is 0 Å². The Morgan fingerprint density at radius 2 is 0.831 bits per heavy atom. The molecule has 0 bridgehead atoms. The molecule has 2 aliphatic heterocycles. The maximum Gasteiger partial charge on any atom is 0.326 e. The molecule has 0 aliphatic carbocycles. The molecule has 3 aromatic carbocycles. The molecule has 45 N–H and O–H groups in total. The van der Waals surface area contributed by atoms with Crippen molar-refractivity contribution < 1.29 is 87.2 Å². The molecular formula is C88H140N34O18S2. The molecule has 0 saturated carbocycles. The number of urea groups is 1. The van der Waals surface area contributed by atoms with Gasteiger partial charge in [-0.25, -0.2) is 9.59 Å². The van der Waals surface area contributed by atoms with Gasteiger partial charge in [-0.3, -0.25) is 89.4 Å². The number of aromatic amines is 1. The minimum absolute atomic E-state index is 0.0107. The number of primary amides is 1. The van der Waals surface area contributed by atoms with Gasteiger partial charge in [-0.15, -0.1) is 0 Å². The average Bonchev–Trinajstić information content (AvgIpc) is 1.71. The fraction of sp³-hybridized carbons (Fsp3) is 0.545. The Morgan fingerprint density at radius 3 is 1.30 bits per heavy atom. The van der Waals surface area contributed by atoms with Crippen molar-refractivity contribution in [3.8, 4) is 11.5 Å². The number of guanidine groups is 5. The second-order valence-corrected chi connectivity index (χ2v) is 36.7. The summed E-state index contributed by atoms with van der Waals surface area (Å²) in [6, 6.07) is -5.66. The predicted octanol–water partition coefficient (Wildman–Crippen LogP) is -6.75. The van der Waals surface area contributed by atoms with E-state index in [2.05, 4.69) is 101 Å². The highest BCUT2D eigenvalue weighted by Crippen LogP contribution is 2.27. The third-order valence-corrected chi connectivity index (χ3v) is 25.4. The molecule has 3 heterocycles. The second-order valence-electron chi connectivity index (χ2n) is 34.2. The van der Waals surface area contributed by atoms with Gasteiger partial charge in [0, 0.05) is 87.3 Å². The Kier molecular flexibility index (Phi) is 50.7. The summed E-state index contributed by atoms with van der Waals surface area (Å²) in [5.74, 6) is -18.7. The lowest BCUT2D eigenvalue weighted by Gasteiger charge is -2.31. The van der Waals surface area contributed by atoms with Gasteiger partial charge in [0.15, 0.2) is 29.8 Å². The smallest absolute Gasteiger partial charge is 0.326 e. The Bertz CT molecular complexity index is 4930. The lowest BCUT2D eigenvalue weighted by molar-refractivity contribution is -0.142. The van der Waals surface area contributed by atoms with E-state index in [0.717, 1.165) is 32.5 Å². The van der Waals surface area contributed by atoms with Gasteiger partial charge < -0.3 is 173 Å². The molecule has 2 aliphatic rings. The maximum atomic E-state index is 15.9. The molecule has 14 atom stereocenters. The first-order valence-corrected chi connectivity index (χ1v) is 49.3. The molecule has 15 amide bonds. The molecule has 2 fully saturated rings. The lowest BCUT2D eigenvalue weighted by Crippen LogP contribution is -2.61. The van der Waals surface area contributed by atoms with Crippen LogP contribution in [0.15, 0.2) is 79.0 Å². The Labute approximate surface area is 828 Å². The summed E-state index contributed by atoms with van der Waals surface area (Å²) in [6.07, 6.45) is -0.0791. The third-order valence-electron chi connectivity index (χ3n) is 22.9. The third kappa shape index (κ3) is 42.3. The zero-order valence-corrected chi connectivity index (χ0v) is 80.7. The number of fused-ring (bicyclic) bond motifs is 2. The molecule has 142 heavy (non-hydrogen) atoms. The molecule has 6 rings (SSSR count). The van der Waals surface area contributed by atoms with Crippen LogP contribution in [0.5, 0.6) is 11.5 Å². The number of carboxylic acids is 1. The van der Waals surface area contributed by atoms with E-state index in [4.69, 9.17) is 78.6 Å². The summed E-state index contributed by atoms with van der Waals surface area (Å²) in [6.45, 7) is -0.307. The van der Waals surface area contributed by atoms with Gasteiger partial charge in [0.25, 0.3) is 0 Å². The van der Waals surface area contributed by atoms with Gasteiger partial charge in [0.05, 0.1) is 6.04 Å². The van der Waals surface area contributed by atoms with E-state index >= 15 is 57.5 Å². The number of phenols is 2. The summed E-state index contributed by atoms with van der Waals surface area (Å²) in [5, 5.41) is 119. The second kappa shape index (κ2) is 61.9. The molecule has 0 radical (unpaired) electrons. The molecule has 52 nitrogen and oxygen atoms in total. The number of amides is 15. The highest BCUT2D eigenvalue weighted by Gasteiger charge is 2.43. The topological polar surface area (TPSA) is 906 Å². The Hall–Kier alpha value is -14.4. The predicted molar refractivity (Wildman–Crippen MR) is 532 cm³/mol. The van der Waals surface area contributed by atoms with Crippen molar-refractivity contribution in [1.29, 1.82) is 27.0 Å². The molecule has 4 aromatic rings. The van der Waals surface area contributed by atoms with E-state index in [9.17, 15) is 29.7 Å². The first kappa shape index (κ1) is 116. The van der Waals surface area contributed by atoms with Crippen LogP contribution in [0, 0.1) is 27.0 Å². The number of nitrogens with one attached hydrogen (secondary N) is 24. The summed E-state index contributed by atoms with van der Waals surface area (Å²) in [7, 11) is 1.44. The number of hydrogen-bond acceptors (Lipinski definition) is 27. The van der Waals surface area contributed by atoms with Crippen molar-refractivity contribution in [3.63, 3.8) is 0 Å². The number of unbranched alkanes of at least 4 members (excludes halogenated alkanes) is 2. The average molecular weight is 2030 g/mol. The quantitative estimate of drug-likeness (QED) is 0.00846. The van der Waals surface area contributed by atoms with Gasteiger partial charge in [-0.05, 0) is 195 Å². The highest BCUT2D eigenvalue weighted by molar-refractivity contribution is 8.76. The summed E-state index contributed by atoms with van der Waals surface area (Å²) in [4.78, 5) is 228. The van der Waals surface area contributed by atoms with Crippen LogP contribution in [0.1, 0.15) is 145 Å². The van der Waals surface area contributed by atoms with Crippen molar-refractivity contribution in [1.82, 2.24) is 106 Å². The van der Waals surface area contributed by atoms with E-state index < -0.39 is 228 Å². The number of carbonyl (C=O) groups is 15. The van der Waals surface area contributed by atoms with E-state index in [1.807, 2.05) is 18.2 Å². The monoisotopic (exact) mass is 2030 g/mol. The Morgan fingerprint density at radius 1 is 0.437 bits per heavy atom. The lowest BCUT2D eigenvalue weighted by atomic mass is 10.0. The molecule has 1 aromatic heterocycles. The minimum Gasteiger partial charge on any atom is -0.508 e. The number of phenolic OH excluding ortho intramolecular Hbond substituents is 2. The SMILES string of the molecule is N=C(N)NCCC[C@H](NC(=O)[C@@H]1CSSC[C@H](NC(=O)[C@H](CCCNC(=N)N)NC(=O)[C@H](CCCNC(=N)N)NC(=O)[C@@H](N)Cc2c[nH]c3ccccc23)C(=O)N[C@@H](Cc2ccc(O)cc2)C(=O)N[C@@H](CCCNC(=N)N)C(=O)N[C@@H](CCCCN)C(=O)N[C@H](CCCCN)C(=O)N2CCC[C@H]2C(=O)N[C@@H](Cc2ccc(O)cc2)C(=O)N[C@@H](CCCNC(=N)N)C(=O)N[C@@H](CCCNC(N)=O)C(=O)N1)C(=O)O. The maximum absolute atomic E-state index is 15.9. The summed E-state index contributed by atoms with van der Waals surface area (Å²) in [5.41, 5.74) is 54.1.